The van der Waals surface area contributed by atoms with Gasteiger partial charge in [0.1, 0.15) is 18.1 Å². The summed E-state index contributed by atoms with van der Waals surface area (Å²) in [6, 6.07) is -4.03. The number of unbranched alkanes of at least 4 members (excludes halogenated alkanes) is 1. The number of hydrogen-bond donors (Lipinski definition) is 7. The van der Waals surface area contributed by atoms with E-state index in [-0.39, 0.29) is 6.42 Å². The van der Waals surface area contributed by atoms with E-state index >= 15 is 0 Å². The van der Waals surface area contributed by atoms with Crippen LogP contribution in [0, 0.1) is 0 Å². The van der Waals surface area contributed by atoms with Gasteiger partial charge in [-0.15, -0.1) is 0 Å². The molecule has 0 aromatic heterocycles. The summed E-state index contributed by atoms with van der Waals surface area (Å²) in [4.78, 5) is 45.9. The summed E-state index contributed by atoms with van der Waals surface area (Å²) in [6.07, 6.45) is -0.764. The number of nitrogens with two attached hydrogens (primary N) is 2. The van der Waals surface area contributed by atoms with Crippen LogP contribution in [-0.2, 0) is 19.2 Å². The van der Waals surface area contributed by atoms with Crippen molar-refractivity contribution in [3.63, 3.8) is 0 Å². The molecule has 0 saturated heterocycles. The van der Waals surface area contributed by atoms with Crippen molar-refractivity contribution in [1.82, 2.24) is 10.6 Å². The molecule has 11 heteroatoms. The minimum atomic E-state index is -1.63. The number of amides is 2. The first-order valence-electron chi connectivity index (χ1n) is 7.79. The lowest BCUT2D eigenvalue weighted by Gasteiger charge is -2.23. The summed E-state index contributed by atoms with van der Waals surface area (Å²) < 4.78 is 0. The van der Waals surface area contributed by atoms with Gasteiger partial charge in [-0.1, -0.05) is 0 Å². The van der Waals surface area contributed by atoms with Gasteiger partial charge in [0, 0.05) is 0 Å². The summed E-state index contributed by atoms with van der Waals surface area (Å²) in [7, 11) is 0. The average Bonchev–Trinajstić information content (AvgIpc) is 2.51. The maximum atomic E-state index is 12.2. The molecule has 0 fully saturated rings. The number of carbonyl (C=O) groups is 4. The SMILES string of the molecule is C[C@@H](O)[C@H](N)C(=O)N[C@@H](CCCCN)C(=O)N[C@@H](CC(=O)O)C(=O)O. The fraction of sp³-hybridized carbons (Fsp3) is 0.714. The second-order valence-corrected chi connectivity index (χ2v) is 5.61. The lowest BCUT2D eigenvalue weighted by Crippen LogP contribution is -2.56. The molecule has 0 rings (SSSR count). The number of hydrogen-bond acceptors (Lipinski definition) is 7. The molecular formula is C14H26N4O7. The number of aliphatic hydroxyl groups is 1. The first kappa shape index (κ1) is 22.8. The highest BCUT2D eigenvalue weighted by Gasteiger charge is 2.29. The summed E-state index contributed by atoms with van der Waals surface area (Å²) >= 11 is 0. The molecular weight excluding hydrogens is 336 g/mol. The number of carbonyl (C=O) groups excluding carboxylic acids is 2. The predicted octanol–water partition coefficient (Wildman–Crippen LogP) is -2.65. The van der Waals surface area contributed by atoms with E-state index in [0.717, 1.165) is 0 Å². The topological polar surface area (TPSA) is 205 Å². The monoisotopic (exact) mass is 362 g/mol. The molecule has 0 unspecified atom stereocenters. The molecule has 2 amide bonds. The van der Waals surface area contributed by atoms with Gasteiger partial charge >= 0.3 is 11.9 Å². The van der Waals surface area contributed by atoms with Crippen LogP contribution < -0.4 is 22.1 Å². The Balaban J connectivity index is 5.04. The maximum Gasteiger partial charge on any atom is 0.326 e. The van der Waals surface area contributed by atoms with Crippen LogP contribution in [0.5, 0.6) is 0 Å². The van der Waals surface area contributed by atoms with Gasteiger partial charge in [-0.25, -0.2) is 4.79 Å². The molecule has 0 bridgehead atoms. The molecule has 4 atom stereocenters. The lowest BCUT2D eigenvalue weighted by molar-refractivity contribution is -0.147. The van der Waals surface area contributed by atoms with E-state index in [1.54, 1.807) is 0 Å². The molecule has 11 nitrogen and oxygen atoms in total. The third-order valence-corrected chi connectivity index (χ3v) is 3.40. The molecule has 144 valence electrons. The summed E-state index contributed by atoms with van der Waals surface area (Å²) in [5.41, 5.74) is 10.9. The van der Waals surface area contributed by atoms with Crippen LogP contribution in [0.25, 0.3) is 0 Å². The number of aliphatic carboxylic acids is 2. The number of nitrogens with one attached hydrogen (secondary N) is 2. The van der Waals surface area contributed by atoms with Crippen LogP contribution in [-0.4, -0.2) is 69.8 Å². The van der Waals surface area contributed by atoms with Gasteiger partial charge < -0.3 is 37.4 Å². The largest absolute Gasteiger partial charge is 0.481 e. The summed E-state index contributed by atoms with van der Waals surface area (Å²) in [5, 5.41) is 31.4. The Morgan fingerprint density at radius 1 is 1.00 bits per heavy atom. The van der Waals surface area contributed by atoms with Crippen LogP contribution in [0.15, 0.2) is 0 Å². The van der Waals surface area contributed by atoms with Crippen molar-refractivity contribution >= 4 is 23.8 Å². The highest BCUT2D eigenvalue weighted by atomic mass is 16.4. The molecule has 0 heterocycles. The van der Waals surface area contributed by atoms with Crippen LogP contribution >= 0.6 is 0 Å². The predicted molar refractivity (Wildman–Crippen MR) is 86.3 cm³/mol. The molecule has 0 saturated carbocycles. The van der Waals surface area contributed by atoms with E-state index in [4.69, 9.17) is 21.7 Å². The quantitative estimate of drug-likeness (QED) is 0.181. The van der Waals surface area contributed by atoms with Crippen LogP contribution in [0.1, 0.15) is 32.6 Å². The lowest BCUT2D eigenvalue weighted by atomic mass is 10.1. The summed E-state index contributed by atoms with van der Waals surface area (Å²) in [5.74, 6) is -4.54. The second kappa shape index (κ2) is 11.3. The second-order valence-electron chi connectivity index (χ2n) is 5.61. The Labute approximate surface area is 144 Å². The van der Waals surface area contributed by atoms with E-state index in [1.165, 1.54) is 6.92 Å². The molecule has 25 heavy (non-hydrogen) atoms. The number of aliphatic hydroxyl groups excluding tert-OH is 1. The molecule has 0 aromatic carbocycles. The Bertz CT molecular complexity index is 484. The van der Waals surface area contributed by atoms with Crippen molar-refractivity contribution in [3.05, 3.63) is 0 Å². The third-order valence-electron chi connectivity index (χ3n) is 3.40. The van der Waals surface area contributed by atoms with Crippen molar-refractivity contribution in [2.24, 2.45) is 11.5 Å². The van der Waals surface area contributed by atoms with E-state index in [0.29, 0.717) is 19.4 Å². The van der Waals surface area contributed by atoms with Gasteiger partial charge in [0.15, 0.2) is 0 Å². The smallest absolute Gasteiger partial charge is 0.326 e. The Morgan fingerprint density at radius 3 is 2.00 bits per heavy atom. The molecule has 9 N–H and O–H groups in total. The van der Waals surface area contributed by atoms with Gasteiger partial charge in [0.25, 0.3) is 0 Å². The van der Waals surface area contributed by atoms with Gasteiger partial charge in [-0.2, -0.15) is 0 Å². The summed E-state index contributed by atoms with van der Waals surface area (Å²) in [6.45, 7) is 1.67. The number of rotatable bonds is 12. The molecule has 0 aliphatic rings. The molecule has 0 aromatic rings. The molecule has 0 radical (unpaired) electrons. The van der Waals surface area contributed by atoms with Gasteiger partial charge in [0.05, 0.1) is 12.5 Å². The van der Waals surface area contributed by atoms with Crippen molar-refractivity contribution < 1.29 is 34.5 Å². The normalized spacial score (nSPS) is 15.5. The first-order chi connectivity index (χ1) is 11.6. The highest BCUT2D eigenvalue weighted by Crippen LogP contribution is 2.04. The molecule has 0 spiro atoms. The van der Waals surface area contributed by atoms with E-state index in [2.05, 4.69) is 10.6 Å². The zero-order valence-corrected chi connectivity index (χ0v) is 14.0. The van der Waals surface area contributed by atoms with Crippen LogP contribution in [0.4, 0.5) is 0 Å². The molecule has 0 aliphatic carbocycles. The van der Waals surface area contributed by atoms with Crippen molar-refractivity contribution in [2.45, 2.75) is 56.8 Å². The fourth-order valence-corrected chi connectivity index (χ4v) is 1.90. The van der Waals surface area contributed by atoms with E-state index in [1.807, 2.05) is 0 Å². The number of carboxylic acids is 2. The fourth-order valence-electron chi connectivity index (χ4n) is 1.90. The Kier molecular flexibility index (Phi) is 10.3. The van der Waals surface area contributed by atoms with Crippen molar-refractivity contribution in [3.8, 4) is 0 Å². The first-order valence-corrected chi connectivity index (χ1v) is 7.79. The Morgan fingerprint density at radius 2 is 1.56 bits per heavy atom. The van der Waals surface area contributed by atoms with Crippen LogP contribution in [0.2, 0.25) is 0 Å². The zero-order valence-electron chi connectivity index (χ0n) is 14.0. The van der Waals surface area contributed by atoms with E-state index < -0.39 is 54.4 Å². The number of carboxylic acid groups (broad SMARTS) is 2. The van der Waals surface area contributed by atoms with Crippen molar-refractivity contribution in [2.75, 3.05) is 6.54 Å². The van der Waals surface area contributed by atoms with Crippen molar-refractivity contribution in [1.29, 1.82) is 0 Å². The van der Waals surface area contributed by atoms with Gasteiger partial charge in [-0.05, 0) is 32.7 Å². The maximum absolute atomic E-state index is 12.2. The zero-order chi connectivity index (χ0) is 19.6. The standard InChI is InChI=1S/C14H26N4O7/c1-7(19)11(16)13(23)17-8(4-2-3-5-15)12(22)18-9(14(24)25)6-10(20)21/h7-9,11,19H,2-6,15-16H2,1H3,(H,17,23)(H,18,22)(H,20,21)(H,24,25)/t7-,8+,9+,11+/m1/s1. The highest BCUT2D eigenvalue weighted by molar-refractivity contribution is 5.92. The molecule has 0 aliphatic heterocycles. The van der Waals surface area contributed by atoms with E-state index in [9.17, 15) is 24.3 Å². The van der Waals surface area contributed by atoms with Crippen LogP contribution in [0.3, 0.4) is 0 Å². The minimum absolute atomic E-state index is 0.153. The average molecular weight is 362 g/mol. The third kappa shape index (κ3) is 8.98. The minimum Gasteiger partial charge on any atom is -0.481 e. The van der Waals surface area contributed by atoms with Gasteiger partial charge in [-0.3, -0.25) is 14.4 Å². The van der Waals surface area contributed by atoms with Gasteiger partial charge in [0.2, 0.25) is 11.8 Å². The Hall–Kier alpha value is -2.24.